The fourth-order valence-electron chi connectivity index (χ4n) is 3.53. The van der Waals surface area contributed by atoms with E-state index in [2.05, 4.69) is 30.4 Å². The van der Waals surface area contributed by atoms with Crippen LogP contribution in [0.15, 0.2) is 0 Å². The summed E-state index contributed by atoms with van der Waals surface area (Å²) < 4.78 is 2.15. The van der Waals surface area contributed by atoms with Crippen LogP contribution in [0, 0.1) is 11.8 Å². The summed E-state index contributed by atoms with van der Waals surface area (Å²) in [6.45, 7) is 10.5. The quantitative estimate of drug-likeness (QED) is 0.850. The lowest BCUT2D eigenvalue weighted by atomic mass is 9.92. The van der Waals surface area contributed by atoms with Crippen LogP contribution in [0.5, 0.6) is 0 Å². The Morgan fingerprint density at radius 1 is 1.15 bits per heavy atom. The van der Waals surface area contributed by atoms with Gasteiger partial charge in [-0.25, -0.2) is 9.67 Å². The molecule has 2 aliphatic rings. The highest BCUT2D eigenvalue weighted by atomic mass is 15.3. The average molecular weight is 276 g/mol. The number of fused-ring (bicyclic) bond motifs is 1. The van der Waals surface area contributed by atoms with Crippen molar-refractivity contribution in [2.75, 3.05) is 13.1 Å². The van der Waals surface area contributed by atoms with E-state index in [4.69, 9.17) is 10.1 Å². The molecule has 112 valence electrons. The Hall–Kier alpha value is -0.900. The minimum absolute atomic E-state index is 0.690. The van der Waals surface area contributed by atoms with Crippen LogP contribution in [-0.4, -0.2) is 38.8 Å². The predicted molar refractivity (Wildman–Crippen MR) is 80.6 cm³/mol. The molecule has 0 amide bonds. The molecule has 3 rings (SSSR count). The van der Waals surface area contributed by atoms with Gasteiger partial charge in [0.15, 0.2) is 5.82 Å². The number of aryl methyl sites for hydroxylation is 1. The molecule has 1 atom stereocenters. The fraction of sp³-hybridized carbons (Fsp3) is 0.875. The molecule has 0 aliphatic carbocycles. The number of hydrogen-bond acceptors (Lipinski definition) is 3. The maximum absolute atomic E-state index is 4.79. The van der Waals surface area contributed by atoms with E-state index in [0.717, 1.165) is 37.0 Å². The van der Waals surface area contributed by atoms with Gasteiger partial charge in [-0.2, -0.15) is 5.10 Å². The maximum Gasteiger partial charge on any atom is 0.151 e. The molecule has 2 aliphatic heterocycles. The topological polar surface area (TPSA) is 34.0 Å². The predicted octanol–water partition coefficient (Wildman–Crippen LogP) is 2.52. The molecule has 0 radical (unpaired) electrons. The number of rotatable bonds is 3. The van der Waals surface area contributed by atoms with Gasteiger partial charge in [0.2, 0.25) is 0 Å². The third-order valence-corrected chi connectivity index (χ3v) is 5.01. The van der Waals surface area contributed by atoms with Crippen LogP contribution >= 0.6 is 0 Å². The molecular weight excluding hydrogens is 248 g/mol. The molecule has 1 aromatic rings. The Labute approximate surface area is 122 Å². The molecule has 1 unspecified atom stereocenters. The maximum atomic E-state index is 4.79. The smallest absolute Gasteiger partial charge is 0.151 e. The van der Waals surface area contributed by atoms with Crippen LogP contribution in [0.4, 0.5) is 0 Å². The van der Waals surface area contributed by atoms with Gasteiger partial charge in [0.25, 0.3) is 0 Å². The SMILES string of the molecule is CC1CCn2nc(CC3CCN(C(C)C)CC3)nc2C1. The van der Waals surface area contributed by atoms with Crippen LogP contribution in [0.1, 0.15) is 51.7 Å². The van der Waals surface area contributed by atoms with E-state index >= 15 is 0 Å². The average Bonchev–Trinajstić information content (AvgIpc) is 2.80. The molecule has 0 aromatic carbocycles. The van der Waals surface area contributed by atoms with Gasteiger partial charge >= 0.3 is 0 Å². The molecule has 1 fully saturated rings. The van der Waals surface area contributed by atoms with Crippen molar-refractivity contribution in [2.24, 2.45) is 11.8 Å². The first-order valence-electron chi connectivity index (χ1n) is 8.28. The van der Waals surface area contributed by atoms with E-state index in [-0.39, 0.29) is 0 Å². The second-order valence-corrected chi connectivity index (χ2v) is 7.04. The molecule has 1 saturated heterocycles. The highest BCUT2D eigenvalue weighted by Gasteiger charge is 2.24. The van der Waals surface area contributed by atoms with Crippen molar-refractivity contribution in [1.29, 1.82) is 0 Å². The van der Waals surface area contributed by atoms with Gasteiger partial charge in [0, 0.05) is 25.4 Å². The van der Waals surface area contributed by atoms with E-state index in [1.54, 1.807) is 0 Å². The third-order valence-electron chi connectivity index (χ3n) is 5.01. The minimum Gasteiger partial charge on any atom is -0.301 e. The number of nitrogens with zero attached hydrogens (tertiary/aromatic N) is 4. The van der Waals surface area contributed by atoms with Gasteiger partial charge in [-0.05, 0) is 58.0 Å². The summed E-state index contributed by atoms with van der Waals surface area (Å²) >= 11 is 0. The number of likely N-dealkylation sites (tertiary alicyclic amines) is 1. The Kier molecular flexibility index (Phi) is 4.11. The Bertz CT molecular complexity index is 443. The Balaban J connectivity index is 1.57. The Morgan fingerprint density at radius 2 is 1.90 bits per heavy atom. The molecule has 0 saturated carbocycles. The lowest BCUT2D eigenvalue weighted by molar-refractivity contribution is 0.148. The second kappa shape index (κ2) is 5.84. The zero-order valence-electron chi connectivity index (χ0n) is 13.2. The molecule has 1 aromatic heterocycles. The van der Waals surface area contributed by atoms with Crippen molar-refractivity contribution in [2.45, 2.75) is 65.5 Å². The van der Waals surface area contributed by atoms with Gasteiger partial charge in [-0.3, -0.25) is 0 Å². The van der Waals surface area contributed by atoms with E-state index < -0.39 is 0 Å². The van der Waals surface area contributed by atoms with Crippen molar-refractivity contribution in [3.05, 3.63) is 11.6 Å². The van der Waals surface area contributed by atoms with E-state index in [9.17, 15) is 0 Å². The zero-order chi connectivity index (χ0) is 14.1. The monoisotopic (exact) mass is 276 g/mol. The lowest BCUT2D eigenvalue weighted by Crippen LogP contribution is -2.38. The van der Waals surface area contributed by atoms with Gasteiger partial charge in [-0.15, -0.1) is 0 Å². The van der Waals surface area contributed by atoms with Gasteiger partial charge in [0.05, 0.1) is 0 Å². The summed E-state index contributed by atoms with van der Waals surface area (Å²) in [5, 5.41) is 4.73. The summed E-state index contributed by atoms with van der Waals surface area (Å²) in [5.41, 5.74) is 0. The van der Waals surface area contributed by atoms with Crippen molar-refractivity contribution < 1.29 is 0 Å². The van der Waals surface area contributed by atoms with Crippen LogP contribution in [0.2, 0.25) is 0 Å². The molecule has 3 heterocycles. The number of hydrogen-bond donors (Lipinski definition) is 0. The molecular formula is C16H28N4. The zero-order valence-corrected chi connectivity index (χ0v) is 13.2. The van der Waals surface area contributed by atoms with E-state index in [1.165, 1.54) is 38.2 Å². The Morgan fingerprint density at radius 3 is 2.60 bits per heavy atom. The normalized spacial score (nSPS) is 25.1. The fourth-order valence-corrected chi connectivity index (χ4v) is 3.53. The van der Waals surface area contributed by atoms with Crippen molar-refractivity contribution in [1.82, 2.24) is 19.7 Å². The minimum atomic E-state index is 0.690. The molecule has 4 heteroatoms. The third kappa shape index (κ3) is 3.05. The van der Waals surface area contributed by atoms with E-state index in [1.807, 2.05) is 0 Å². The largest absolute Gasteiger partial charge is 0.301 e. The molecule has 20 heavy (non-hydrogen) atoms. The van der Waals surface area contributed by atoms with Gasteiger partial charge < -0.3 is 4.90 Å². The number of piperidine rings is 1. The van der Waals surface area contributed by atoms with Crippen molar-refractivity contribution >= 4 is 0 Å². The summed E-state index contributed by atoms with van der Waals surface area (Å²) in [6.07, 6.45) is 6.05. The highest BCUT2D eigenvalue weighted by Crippen LogP contribution is 2.23. The summed E-state index contributed by atoms with van der Waals surface area (Å²) in [7, 11) is 0. The lowest BCUT2D eigenvalue weighted by Gasteiger charge is -2.34. The van der Waals surface area contributed by atoms with Crippen LogP contribution < -0.4 is 0 Å². The first kappa shape index (κ1) is 14.1. The van der Waals surface area contributed by atoms with Gasteiger partial charge in [0.1, 0.15) is 5.82 Å². The van der Waals surface area contributed by atoms with Crippen LogP contribution in [0.25, 0.3) is 0 Å². The van der Waals surface area contributed by atoms with Gasteiger partial charge in [-0.1, -0.05) is 6.92 Å². The van der Waals surface area contributed by atoms with E-state index in [0.29, 0.717) is 6.04 Å². The molecule has 0 spiro atoms. The summed E-state index contributed by atoms with van der Waals surface area (Å²) in [5.74, 6) is 3.87. The summed E-state index contributed by atoms with van der Waals surface area (Å²) in [4.78, 5) is 7.37. The second-order valence-electron chi connectivity index (χ2n) is 7.04. The number of aromatic nitrogens is 3. The molecule has 0 bridgehead atoms. The standard InChI is InChI=1S/C16H28N4/c1-12(2)19-7-5-14(6-8-19)11-15-17-16-10-13(3)4-9-20(16)18-15/h12-14H,4-11H2,1-3H3. The molecule has 4 nitrogen and oxygen atoms in total. The van der Waals surface area contributed by atoms with Crippen LogP contribution in [-0.2, 0) is 19.4 Å². The first-order chi connectivity index (χ1) is 9.61. The summed E-state index contributed by atoms with van der Waals surface area (Å²) in [6, 6.07) is 0.690. The van der Waals surface area contributed by atoms with Crippen molar-refractivity contribution in [3.8, 4) is 0 Å². The molecule has 0 N–H and O–H groups in total. The first-order valence-corrected chi connectivity index (χ1v) is 8.28. The highest BCUT2D eigenvalue weighted by molar-refractivity contribution is 4.98. The van der Waals surface area contributed by atoms with Crippen molar-refractivity contribution in [3.63, 3.8) is 0 Å². The van der Waals surface area contributed by atoms with Crippen LogP contribution in [0.3, 0.4) is 0 Å².